The van der Waals surface area contributed by atoms with Crippen LogP contribution < -0.4 is 5.32 Å². The summed E-state index contributed by atoms with van der Waals surface area (Å²) < 4.78 is 5.71. The number of fused-ring (bicyclic) bond motifs is 1. The second-order valence-electron chi connectivity index (χ2n) is 4.64. The Labute approximate surface area is 137 Å². The summed E-state index contributed by atoms with van der Waals surface area (Å²) in [5.74, 6) is 0.468. The predicted octanol–water partition coefficient (Wildman–Crippen LogP) is 4.49. The molecule has 0 aliphatic carbocycles. The van der Waals surface area contributed by atoms with Gasteiger partial charge in [0.2, 0.25) is 5.89 Å². The molecule has 6 heteroatoms. The Balaban J connectivity index is 1.94. The number of benzene rings is 2. The van der Waals surface area contributed by atoms with Crippen LogP contribution in [0.3, 0.4) is 0 Å². The van der Waals surface area contributed by atoms with Gasteiger partial charge in [0.15, 0.2) is 5.58 Å². The van der Waals surface area contributed by atoms with Gasteiger partial charge in [0.05, 0.1) is 0 Å². The van der Waals surface area contributed by atoms with Crippen molar-refractivity contribution in [1.82, 2.24) is 4.98 Å². The van der Waals surface area contributed by atoms with Crippen LogP contribution in [0.4, 0.5) is 5.69 Å². The van der Waals surface area contributed by atoms with E-state index in [0.29, 0.717) is 27.7 Å². The number of halogens is 1. The van der Waals surface area contributed by atoms with Crippen molar-refractivity contribution in [3.8, 4) is 23.6 Å². The van der Waals surface area contributed by atoms with Crippen LogP contribution in [-0.2, 0) is 0 Å². The van der Waals surface area contributed by atoms with E-state index in [-0.39, 0.29) is 5.57 Å². The summed E-state index contributed by atoms with van der Waals surface area (Å²) in [5, 5.41) is 20.9. The Kier molecular flexibility index (Phi) is 3.97. The molecule has 0 fully saturated rings. The highest BCUT2D eigenvalue weighted by atomic mass is 35.5. The van der Waals surface area contributed by atoms with E-state index in [1.807, 2.05) is 24.3 Å². The van der Waals surface area contributed by atoms with Crippen LogP contribution in [0.5, 0.6) is 0 Å². The largest absolute Gasteiger partial charge is 0.436 e. The van der Waals surface area contributed by atoms with E-state index in [0.717, 1.165) is 5.56 Å². The lowest BCUT2D eigenvalue weighted by atomic mass is 10.2. The van der Waals surface area contributed by atoms with Crippen molar-refractivity contribution in [2.45, 2.75) is 0 Å². The molecule has 0 saturated heterocycles. The summed E-state index contributed by atoms with van der Waals surface area (Å²) in [6.07, 6.45) is 1.35. The average molecular weight is 321 g/mol. The number of nitriles is 2. The molecule has 0 amide bonds. The van der Waals surface area contributed by atoms with Crippen molar-refractivity contribution in [1.29, 1.82) is 10.5 Å². The van der Waals surface area contributed by atoms with Gasteiger partial charge in [0, 0.05) is 22.5 Å². The summed E-state index contributed by atoms with van der Waals surface area (Å²) in [7, 11) is 0. The second kappa shape index (κ2) is 6.23. The second-order valence-corrected chi connectivity index (χ2v) is 5.07. The van der Waals surface area contributed by atoms with Crippen molar-refractivity contribution in [3.63, 3.8) is 0 Å². The molecular weight excluding hydrogens is 312 g/mol. The smallest absolute Gasteiger partial charge is 0.227 e. The third-order valence-electron chi connectivity index (χ3n) is 3.08. The van der Waals surface area contributed by atoms with E-state index < -0.39 is 0 Å². The van der Waals surface area contributed by atoms with Gasteiger partial charge < -0.3 is 9.73 Å². The van der Waals surface area contributed by atoms with Crippen LogP contribution in [-0.4, -0.2) is 4.98 Å². The normalized spacial score (nSPS) is 9.87. The van der Waals surface area contributed by atoms with Gasteiger partial charge in [0.25, 0.3) is 0 Å². The van der Waals surface area contributed by atoms with E-state index in [1.165, 1.54) is 6.20 Å². The minimum Gasteiger partial charge on any atom is -0.436 e. The molecule has 1 N–H and O–H groups in total. The van der Waals surface area contributed by atoms with Gasteiger partial charge in [-0.15, -0.1) is 0 Å². The maximum absolute atomic E-state index is 8.72. The Morgan fingerprint density at radius 1 is 1.17 bits per heavy atom. The lowest BCUT2D eigenvalue weighted by Crippen LogP contribution is -1.90. The first kappa shape index (κ1) is 14.6. The van der Waals surface area contributed by atoms with Crippen LogP contribution in [0.25, 0.3) is 22.6 Å². The highest BCUT2D eigenvalue weighted by Gasteiger charge is 2.09. The third-order valence-corrected chi connectivity index (χ3v) is 3.32. The quantitative estimate of drug-likeness (QED) is 0.718. The molecular formula is C17H9ClN4O. The topological polar surface area (TPSA) is 85.6 Å². The van der Waals surface area contributed by atoms with Gasteiger partial charge in [-0.25, -0.2) is 4.98 Å². The number of nitrogens with zero attached hydrogens (tertiary/aromatic N) is 3. The van der Waals surface area contributed by atoms with E-state index in [2.05, 4.69) is 10.3 Å². The van der Waals surface area contributed by atoms with Crippen molar-refractivity contribution in [3.05, 3.63) is 59.3 Å². The molecule has 1 heterocycles. The standard InChI is InChI=1S/C17H9ClN4O/c18-13-4-5-16-15(7-13)22-17(23-16)12-2-1-3-14(6-12)21-10-11(8-19)9-20/h1-7,10,21H. The molecule has 3 aromatic rings. The molecule has 0 radical (unpaired) electrons. The monoisotopic (exact) mass is 320 g/mol. The molecule has 0 saturated carbocycles. The van der Waals surface area contributed by atoms with Crippen LogP contribution in [0, 0.1) is 22.7 Å². The summed E-state index contributed by atoms with van der Waals surface area (Å²) in [6.45, 7) is 0. The molecule has 0 aliphatic rings. The van der Waals surface area contributed by atoms with Crippen molar-refractivity contribution < 1.29 is 4.42 Å². The van der Waals surface area contributed by atoms with Gasteiger partial charge in [-0.1, -0.05) is 17.7 Å². The van der Waals surface area contributed by atoms with Crippen molar-refractivity contribution in [2.75, 3.05) is 5.32 Å². The maximum Gasteiger partial charge on any atom is 0.227 e. The molecule has 2 aromatic carbocycles. The fraction of sp³-hybridized carbons (Fsp3) is 0. The zero-order chi connectivity index (χ0) is 16.2. The van der Waals surface area contributed by atoms with Crippen LogP contribution >= 0.6 is 11.6 Å². The van der Waals surface area contributed by atoms with Crippen molar-refractivity contribution >= 4 is 28.4 Å². The summed E-state index contributed by atoms with van der Waals surface area (Å²) >= 11 is 5.95. The molecule has 0 spiro atoms. The molecule has 0 atom stereocenters. The van der Waals surface area contributed by atoms with Crippen LogP contribution in [0.15, 0.2) is 58.7 Å². The lowest BCUT2D eigenvalue weighted by molar-refractivity contribution is 0.620. The average Bonchev–Trinajstić information content (AvgIpc) is 2.99. The van der Waals surface area contributed by atoms with Gasteiger partial charge in [0.1, 0.15) is 23.2 Å². The Bertz CT molecular complexity index is 976. The first-order valence-corrected chi connectivity index (χ1v) is 7.01. The first-order chi connectivity index (χ1) is 11.2. The number of nitrogens with one attached hydrogen (secondary N) is 1. The lowest BCUT2D eigenvalue weighted by Gasteiger charge is -2.02. The SMILES string of the molecule is N#CC(C#N)=CNc1cccc(-c2nc3cc(Cl)ccc3o2)c1. The van der Waals surface area contributed by atoms with Crippen LogP contribution in [0.2, 0.25) is 5.02 Å². The minimum absolute atomic E-state index is 0.00749. The van der Waals surface area contributed by atoms with Gasteiger partial charge >= 0.3 is 0 Å². The molecule has 0 unspecified atom stereocenters. The summed E-state index contributed by atoms with van der Waals surface area (Å²) in [6, 6.07) is 16.1. The zero-order valence-electron chi connectivity index (χ0n) is 11.7. The number of anilines is 1. The minimum atomic E-state index is -0.00749. The summed E-state index contributed by atoms with van der Waals surface area (Å²) in [5.41, 5.74) is 2.81. The van der Waals surface area contributed by atoms with Gasteiger partial charge in [-0.05, 0) is 36.4 Å². The zero-order valence-corrected chi connectivity index (χ0v) is 12.5. The first-order valence-electron chi connectivity index (χ1n) is 6.63. The number of hydrogen-bond donors (Lipinski definition) is 1. The molecule has 1 aromatic heterocycles. The molecule has 23 heavy (non-hydrogen) atoms. The van der Waals surface area contributed by atoms with Gasteiger partial charge in [-0.2, -0.15) is 10.5 Å². The van der Waals surface area contributed by atoms with E-state index in [4.69, 9.17) is 26.5 Å². The van der Waals surface area contributed by atoms with Crippen LogP contribution in [0.1, 0.15) is 0 Å². The third kappa shape index (κ3) is 3.16. The van der Waals surface area contributed by atoms with E-state index in [1.54, 1.807) is 30.3 Å². The highest BCUT2D eigenvalue weighted by molar-refractivity contribution is 6.31. The van der Waals surface area contributed by atoms with Crippen molar-refractivity contribution in [2.24, 2.45) is 0 Å². The Hall–Kier alpha value is -3.28. The van der Waals surface area contributed by atoms with E-state index >= 15 is 0 Å². The molecule has 3 rings (SSSR count). The fourth-order valence-corrected chi connectivity index (χ4v) is 2.18. The number of hydrogen-bond acceptors (Lipinski definition) is 5. The number of oxazole rings is 1. The van der Waals surface area contributed by atoms with E-state index in [9.17, 15) is 0 Å². The highest BCUT2D eigenvalue weighted by Crippen LogP contribution is 2.27. The summed E-state index contributed by atoms with van der Waals surface area (Å²) in [4.78, 5) is 4.41. The Morgan fingerprint density at radius 2 is 2.00 bits per heavy atom. The molecule has 5 nitrogen and oxygen atoms in total. The molecule has 0 aliphatic heterocycles. The number of rotatable bonds is 3. The Morgan fingerprint density at radius 3 is 2.78 bits per heavy atom. The fourth-order valence-electron chi connectivity index (χ4n) is 2.01. The molecule has 110 valence electrons. The maximum atomic E-state index is 8.72. The number of allylic oxidation sites excluding steroid dienone is 1. The molecule has 0 bridgehead atoms. The number of aromatic nitrogens is 1. The van der Waals surface area contributed by atoms with Gasteiger partial charge in [-0.3, -0.25) is 0 Å². The predicted molar refractivity (Wildman–Crippen MR) is 87.4 cm³/mol.